The Morgan fingerprint density at radius 2 is 2.17 bits per heavy atom. The van der Waals surface area contributed by atoms with Crippen molar-refractivity contribution < 1.29 is 5.11 Å². The monoisotopic (exact) mass is 249 g/mol. The average Bonchev–Trinajstić information content (AvgIpc) is 2.92. The molecule has 0 bridgehead atoms. The third-order valence-electron chi connectivity index (χ3n) is 4.32. The molecule has 1 aromatic rings. The predicted molar refractivity (Wildman–Crippen MR) is 73.1 cm³/mol. The number of nitrogens with two attached hydrogens (primary N) is 1. The number of likely N-dealkylation sites (tertiary alicyclic amines) is 1. The van der Waals surface area contributed by atoms with Gasteiger partial charge in [0.1, 0.15) is 6.10 Å². The Morgan fingerprint density at radius 1 is 1.50 bits per heavy atom. The molecule has 0 spiro atoms. The number of hydrogen-bond donors (Lipinski definition) is 2. The van der Waals surface area contributed by atoms with Gasteiger partial charge in [-0.1, -0.05) is 6.92 Å². The second-order valence-electron chi connectivity index (χ2n) is 5.31. The lowest BCUT2D eigenvalue weighted by Crippen LogP contribution is -2.49. The molecule has 1 aromatic heterocycles. The highest BCUT2D eigenvalue weighted by Crippen LogP contribution is 2.37. The van der Waals surface area contributed by atoms with Gasteiger partial charge in [-0.15, -0.1) is 0 Å². The van der Waals surface area contributed by atoms with Crippen LogP contribution in [0.25, 0.3) is 0 Å². The maximum Gasteiger partial charge on any atom is 0.101 e. The molecule has 18 heavy (non-hydrogen) atoms. The molecule has 100 valence electrons. The molecule has 2 atom stereocenters. The van der Waals surface area contributed by atoms with Crippen LogP contribution in [0.1, 0.15) is 44.8 Å². The van der Waals surface area contributed by atoms with Gasteiger partial charge in [0.25, 0.3) is 0 Å². The van der Waals surface area contributed by atoms with Crippen LogP contribution in [0.3, 0.4) is 0 Å². The van der Waals surface area contributed by atoms with E-state index in [1.807, 2.05) is 0 Å². The minimum Gasteiger partial charge on any atom is -0.398 e. The fourth-order valence-corrected chi connectivity index (χ4v) is 2.80. The smallest absolute Gasteiger partial charge is 0.101 e. The van der Waals surface area contributed by atoms with Crippen LogP contribution in [-0.2, 0) is 0 Å². The largest absolute Gasteiger partial charge is 0.398 e. The van der Waals surface area contributed by atoms with Crippen molar-refractivity contribution in [1.82, 2.24) is 9.88 Å². The van der Waals surface area contributed by atoms with Gasteiger partial charge in [0.05, 0.1) is 0 Å². The van der Waals surface area contributed by atoms with E-state index in [1.165, 1.54) is 12.8 Å². The van der Waals surface area contributed by atoms with Gasteiger partial charge in [0.2, 0.25) is 0 Å². The minimum absolute atomic E-state index is 0.256. The Morgan fingerprint density at radius 3 is 2.72 bits per heavy atom. The van der Waals surface area contributed by atoms with Crippen molar-refractivity contribution in [3.05, 3.63) is 24.0 Å². The highest BCUT2D eigenvalue weighted by Gasteiger charge is 2.40. The normalized spacial score (nSPS) is 21.7. The summed E-state index contributed by atoms with van der Waals surface area (Å²) < 4.78 is 0. The van der Waals surface area contributed by atoms with Crippen molar-refractivity contribution in [3.8, 4) is 0 Å². The molecule has 2 heterocycles. The molecule has 2 rings (SSSR count). The van der Waals surface area contributed by atoms with Crippen molar-refractivity contribution in [1.29, 1.82) is 0 Å². The topological polar surface area (TPSA) is 62.4 Å². The van der Waals surface area contributed by atoms with Crippen molar-refractivity contribution in [3.63, 3.8) is 0 Å². The Hall–Kier alpha value is -1.13. The molecule has 0 amide bonds. The van der Waals surface area contributed by atoms with Crippen molar-refractivity contribution >= 4 is 5.69 Å². The van der Waals surface area contributed by atoms with Crippen molar-refractivity contribution in [2.24, 2.45) is 0 Å². The standard InChI is InChI=1S/C14H23N3O/c1-3-14(2,17-8-4-5-9-17)13(18)11-10-16-7-6-12(11)15/h6-7,10,13,18H,3-5,8-9H2,1-2H3,(H2,15,16). The molecular formula is C14H23N3O. The third kappa shape index (κ3) is 2.22. The maximum absolute atomic E-state index is 10.7. The summed E-state index contributed by atoms with van der Waals surface area (Å²) in [6.45, 7) is 6.35. The quantitative estimate of drug-likeness (QED) is 0.856. The second-order valence-corrected chi connectivity index (χ2v) is 5.31. The number of aliphatic hydroxyl groups is 1. The Bertz CT molecular complexity index is 404. The van der Waals surface area contributed by atoms with Crippen LogP contribution in [0.4, 0.5) is 5.69 Å². The molecule has 2 unspecified atom stereocenters. The van der Waals surface area contributed by atoms with Gasteiger partial charge in [-0.3, -0.25) is 9.88 Å². The van der Waals surface area contributed by atoms with Crippen molar-refractivity contribution in [2.45, 2.75) is 44.8 Å². The molecule has 1 fully saturated rings. The summed E-state index contributed by atoms with van der Waals surface area (Å²) in [5, 5.41) is 10.7. The summed E-state index contributed by atoms with van der Waals surface area (Å²) >= 11 is 0. The molecule has 1 aliphatic heterocycles. The zero-order chi connectivity index (χ0) is 13.2. The highest BCUT2D eigenvalue weighted by molar-refractivity contribution is 5.46. The van der Waals surface area contributed by atoms with E-state index in [2.05, 4.69) is 23.7 Å². The first-order valence-corrected chi connectivity index (χ1v) is 6.72. The lowest BCUT2D eigenvalue weighted by atomic mass is 9.85. The summed E-state index contributed by atoms with van der Waals surface area (Å²) in [4.78, 5) is 6.46. The first kappa shape index (κ1) is 13.3. The molecule has 4 heteroatoms. The number of hydrogen-bond acceptors (Lipinski definition) is 4. The average molecular weight is 249 g/mol. The summed E-state index contributed by atoms with van der Waals surface area (Å²) in [6.07, 6.45) is 6.07. The number of anilines is 1. The van der Waals surface area contributed by atoms with Crippen LogP contribution in [0.5, 0.6) is 0 Å². The second kappa shape index (κ2) is 5.24. The Labute approximate surface area is 109 Å². The van der Waals surface area contributed by atoms with E-state index in [4.69, 9.17) is 5.73 Å². The molecule has 0 aromatic carbocycles. The van der Waals surface area contributed by atoms with Crippen LogP contribution in [0.15, 0.2) is 18.5 Å². The van der Waals surface area contributed by atoms with E-state index in [-0.39, 0.29) is 5.54 Å². The lowest BCUT2D eigenvalue weighted by Gasteiger charge is -2.42. The number of pyridine rings is 1. The SMILES string of the molecule is CCC(C)(C(O)c1cnccc1N)N1CCCC1. The number of nitrogens with zero attached hydrogens (tertiary/aromatic N) is 2. The van der Waals surface area contributed by atoms with Gasteiger partial charge >= 0.3 is 0 Å². The molecule has 0 radical (unpaired) electrons. The Kier molecular flexibility index (Phi) is 3.88. The number of nitrogen functional groups attached to an aromatic ring is 1. The van der Waals surface area contributed by atoms with Gasteiger partial charge < -0.3 is 10.8 Å². The zero-order valence-electron chi connectivity index (χ0n) is 11.3. The zero-order valence-corrected chi connectivity index (χ0v) is 11.3. The van der Waals surface area contributed by atoms with E-state index in [0.717, 1.165) is 25.1 Å². The van der Waals surface area contributed by atoms with E-state index in [9.17, 15) is 5.11 Å². The summed E-state index contributed by atoms with van der Waals surface area (Å²) in [7, 11) is 0. The minimum atomic E-state index is -0.589. The fraction of sp³-hybridized carbons (Fsp3) is 0.643. The van der Waals surface area contributed by atoms with Gasteiger partial charge in [0.15, 0.2) is 0 Å². The highest BCUT2D eigenvalue weighted by atomic mass is 16.3. The molecule has 4 nitrogen and oxygen atoms in total. The molecule has 0 saturated carbocycles. The first-order valence-electron chi connectivity index (χ1n) is 6.72. The van der Waals surface area contributed by atoms with Crippen LogP contribution >= 0.6 is 0 Å². The maximum atomic E-state index is 10.7. The fourth-order valence-electron chi connectivity index (χ4n) is 2.80. The van der Waals surface area contributed by atoms with Crippen LogP contribution in [-0.4, -0.2) is 33.6 Å². The van der Waals surface area contributed by atoms with Crippen molar-refractivity contribution in [2.75, 3.05) is 18.8 Å². The van der Waals surface area contributed by atoms with Crippen LogP contribution in [0, 0.1) is 0 Å². The van der Waals surface area contributed by atoms with E-state index >= 15 is 0 Å². The Balaban J connectivity index is 2.29. The molecule has 3 N–H and O–H groups in total. The number of rotatable bonds is 4. The molecule has 1 aliphatic rings. The third-order valence-corrected chi connectivity index (χ3v) is 4.32. The van der Waals surface area contributed by atoms with Gasteiger partial charge in [-0.25, -0.2) is 0 Å². The van der Waals surface area contributed by atoms with E-state index in [0.29, 0.717) is 5.69 Å². The van der Waals surface area contributed by atoms with Gasteiger partial charge in [0, 0.05) is 29.2 Å². The molecule has 0 aliphatic carbocycles. The first-order chi connectivity index (χ1) is 8.59. The summed E-state index contributed by atoms with van der Waals surface area (Å²) in [5.74, 6) is 0. The van der Waals surface area contributed by atoms with E-state index < -0.39 is 6.10 Å². The predicted octanol–water partition coefficient (Wildman–Crippen LogP) is 1.96. The van der Waals surface area contributed by atoms with Crippen LogP contribution in [0.2, 0.25) is 0 Å². The van der Waals surface area contributed by atoms with Crippen LogP contribution < -0.4 is 5.73 Å². The van der Waals surface area contributed by atoms with Gasteiger partial charge in [-0.2, -0.15) is 0 Å². The summed E-state index contributed by atoms with van der Waals surface area (Å²) in [5.41, 5.74) is 7.06. The molecule has 1 saturated heterocycles. The molecular weight excluding hydrogens is 226 g/mol. The summed E-state index contributed by atoms with van der Waals surface area (Å²) in [6, 6.07) is 1.75. The number of aromatic nitrogens is 1. The van der Waals surface area contributed by atoms with Gasteiger partial charge in [-0.05, 0) is 45.3 Å². The lowest BCUT2D eigenvalue weighted by molar-refractivity contribution is -0.0137. The number of aliphatic hydroxyl groups excluding tert-OH is 1. The van der Waals surface area contributed by atoms with E-state index in [1.54, 1.807) is 18.5 Å².